The van der Waals surface area contributed by atoms with E-state index in [9.17, 15) is 28.5 Å². The van der Waals surface area contributed by atoms with Crippen LogP contribution >= 0.6 is 0 Å². The number of amides is 1. The molecule has 30 heavy (non-hydrogen) atoms. The van der Waals surface area contributed by atoms with Crippen molar-refractivity contribution in [2.24, 2.45) is 0 Å². The highest BCUT2D eigenvalue weighted by Gasteiger charge is 2.18. The van der Waals surface area contributed by atoms with Gasteiger partial charge in [-0.1, -0.05) is 12.1 Å². The monoisotopic (exact) mass is 420 g/mol. The standard InChI is InChI=1S/C20H18F2N2O6/c1-12-9-16(17(24(27)28)10-13(12)2)23-18(25)11-29-19(26)8-5-14-3-6-15(7-4-14)30-20(21)22/h3-10,20H,11H2,1-2H3,(H,23,25). The molecule has 0 aliphatic heterocycles. The van der Waals surface area contributed by atoms with E-state index in [1.54, 1.807) is 13.8 Å². The first kappa shape index (κ1) is 22.5. The molecular formula is C20H18F2N2O6. The number of aryl methyl sites for hydroxylation is 2. The Bertz CT molecular complexity index is 974. The second-order valence-corrected chi connectivity index (χ2v) is 6.15. The summed E-state index contributed by atoms with van der Waals surface area (Å²) in [5.41, 5.74) is 1.71. The lowest BCUT2D eigenvalue weighted by Gasteiger charge is -2.09. The Morgan fingerprint density at radius 3 is 2.40 bits per heavy atom. The number of alkyl halides is 2. The van der Waals surface area contributed by atoms with E-state index < -0.39 is 30.0 Å². The zero-order valence-electron chi connectivity index (χ0n) is 16.1. The van der Waals surface area contributed by atoms with Crippen LogP contribution < -0.4 is 10.1 Å². The van der Waals surface area contributed by atoms with Crippen molar-refractivity contribution in [3.63, 3.8) is 0 Å². The summed E-state index contributed by atoms with van der Waals surface area (Å²) in [6, 6.07) is 8.33. The lowest BCUT2D eigenvalue weighted by Crippen LogP contribution is -2.20. The Kier molecular flexibility index (Phi) is 7.56. The van der Waals surface area contributed by atoms with Crippen LogP contribution in [0.1, 0.15) is 16.7 Å². The Hall–Kier alpha value is -3.82. The topological polar surface area (TPSA) is 108 Å². The van der Waals surface area contributed by atoms with Gasteiger partial charge in [0.1, 0.15) is 11.4 Å². The molecule has 0 heterocycles. The van der Waals surface area contributed by atoms with Crippen molar-refractivity contribution in [2.45, 2.75) is 20.5 Å². The van der Waals surface area contributed by atoms with Gasteiger partial charge in [0.2, 0.25) is 0 Å². The summed E-state index contributed by atoms with van der Waals surface area (Å²) in [7, 11) is 0. The number of ether oxygens (including phenoxy) is 2. The third kappa shape index (κ3) is 6.66. The zero-order chi connectivity index (χ0) is 22.3. The number of hydrogen-bond acceptors (Lipinski definition) is 6. The number of anilines is 1. The normalized spacial score (nSPS) is 10.8. The van der Waals surface area contributed by atoms with Gasteiger partial charge in [-0.2, -0.15) is 8.78 Å². The molecule has 0 unspecified atom stereocenters. The predicted molar refractivity (Wildman–Crippen MR) is 104 cm³/mol. The Balaban J connectivity index is 1.90. The van der Waals surface area contributed by atoms with Gasteiger partial charge in [0.05, 0.1) is 4.92 Å². The minimum Gasteiger partial charge on any atom is -0.452 e. The third-order valence-electron chi connectivity index (χ3n) is 3.95. The quantitative estimate of drug-likeness (QED) is 0.299. The van der Waals surface area contributed by atoms with E-state index in [0.717, 1.165) is 11.6 Å². The van der Waals surface area contributed by atoms with E-state index in [0.29, 0.717) is 11.1 Å². The van der Waals surface area contributed by atoms with E-state index >= 15 is 0 Å². The number of rotatable bonds is 8. The lowest BCUT2D eigenvalue weighted by atomic mass is 10.1. The number of benzene rings is 2. The van der Waals surface area contributed by atoms with Gasteiger partial charge in [-0.25, -0.2) is 4.79 Å². The molecule has 158 valence electrons. The first-order valence-electron chi connectivity index (χ1n) is 8.61. The highest BCUT2D eigenvalue weighted by atomic mass is 19.3. The second-order valence-electron chi connectivity index (χ2n) is 6.15. The number of carbonyl (C=O) groups is 2. The van der Waals surface area contributed by atoms with Crippen molar-refractivity contribution in [2.75, 3.05) is 11.9 Å². The zero-order valence-corrected chi connectivity index (χ0v) is 16.1. The van der Waals surface area contributed by atoms with Gasteiger partial charge >= 0.3 is 12.6 Å². The van der Waals surface area contributed by atoms with Crippen LogP contribution in [0.25, 0.3) is 6.08 Å². The van der Waals surface area contributed by atoms with Crippen LogP contribution in [0.5, 0.6) is 5.75 Å². The molecule has 8 nitrogen and oxygen atoms in total. The van der Waals surface area contributed by atoms with E-state index in [1.165, 1.54) is 42.5 Å². The number of nitrogens with one attached hydrogen (secondary N) is 1. The molecule has 0 saturated carbocycles. The lowest BCUT2D eigenvalue weighted by molar-refractivity contribution is -0.384. The molecule has 0 saturated heterocycles. The molecule has 0 bridgehead atoms. The number of carbonyl (C=O) groups excluding carboxylic acids is 2. The van der Waals surface area contributed by atoms with Gasteiger partial charge < -0.3 is 14.8 Å². The molecule has 0 fully saturated rings. The minimum absolute atomic E-state index is 0.00537. The van der Waals surface area contributed by atoms with Crippen LogP contribution in [0.4, 0.5) is 20.2 Å². The van der Waals surface area contributed by atoms with E-state index in [1.807, 2.05) is 0 Å². The van der Waals surface area contributed by atoms with Gasteiger partial charge in [-0.3, -0.25) is 14.9 Å². The number of esters is 1. The maximum atomic E-state index is 12.1. The largest absolute Gasteiger partial charge is 0.452 e. The molecule has 0 atom stereocenters. The molecule has 2 aromatic rings. The molecule has 0 aliphatic carbocycles. The summed E-state index contributed by atoms with van der Waals surface area (Å²) in [6.07, 6.45) is 2.41. The molecule has 0 spiro atoms. The first-order chi connectivity index (χ1) is 14.2. The van der Waals surface area contributed by atoms with Crippen molar-refractivity contribution in [3.05, 3.63) is 69.3 Å². The smallest absolute Gasteiger partial charge is 0.387 e. The van der Waals surface area contributed by atoms with Crippen molar-refractivity contribution in [1.29, 1.82) is 0 Å². The number of nitro groups is 1. The molecular weight excluding hydrogens is 402 g/mol. The Morgan fingerprint density at radius 1 is 1.17 bits per heavy atom. The van der Waals surface area contributed by atoms with Gasteiger partial charge in [0, 0.05) is 12.1 Å². The van der Waals surface area contributed by atoms with E-state index in [-0.39, 0.29) is 17.1 Å². The van der Waals surface area contributed by atoms with Crippen LogP contribution in [0.2, 0.25) is 0 Å². The summed E-state index contributed by atoms with van der Waals surface area (Å²) in [6.45, 7) is -0.126. The number of hydrogen-bond donors (Lipinski definition) is 1. The predicted octanol–water partition coefficient (Wildman–Crippen LogP) is 4.01. The Morgan fingerprint density at radius 2 is 1.80 bits per heavy atom. The minimum atomic E-state index is -2.93. The highest BCUT2D eigenvalue weighted by molar-refractivity contribution is 5.96. The second kappa shape index (κ2) is 10.1. The van der Waals surface area contributed by atoms with Crippen molar-refractivity contribution in [1.82, 2.24) is 0 Å². The highest BCUT2D eigenvalue weighted by Crippen LogP contribution is 2.27. The van der Waals surface area contributed by atoms with Gasteiger partial charge in [-0.05, 0) is 54.8 Å². The van der Waals surface area contributed by atoms with E-state index in [2.05, 4.69) is 10.1 Å². The fraction of sp³-hybridized carbons (Fsp3) is 0.200. The molecule has 2 rings (SSSR count). The molecule has 0 radical (unpaired) electrons. The average molecular weight is 420 g/mol. The molecule has 2 aromatic carbocycles. The van der Waals surface area contributed by atoms with Crippen molar-refractivity contribution >= 4 is 29.3 Å². The third-order valence-corrected chi connectivity index (χ3v) is 3.95. The van der Waals surface area contributed by atoms with Crippen molar-refractivity contribution in [3.8, 4) is 5.75 Å². The summed E-state index contributed by atoms with van der Waals surface area (Å²) in [5, 5.41) is 13.5. The van der Waals surface area contributed by atoms with Gasteiger partial charge in [-0.15, -0.1) is 0 Å². The number of nitro benzene ring substituents is 1. The SMILES string of the molecule is Cc1cc(NC(=O)COC(=O)C=Cc2ccc(OC(F)F)cc2)c([N+](=O)[O-])cc1C. The number of nitrogens with zero attached hydrogens (tertiary/aromatic N) is 1. The summed E-state index contributed by atoms with van der Waals surface area (Å²) in [4.78, 5) is 34.2. The maximum absolute atomic E-state index is 12.1. The molecule has 0 aromatic heterocycles. The molecule has 1 N–H and O–H groups in total. The Labute approximate surface area is 170 Å². The summed E-state index contributed by atoms with van der Waals surface area (Å²) in [5.74, 6) is -1.59. The van der Waals surface area contributed by atoms with E-state index in [4.69, 9.17) is 4.74 Å². The van der Waals surface area contributed by atoms with Crippen LogP contribution in [0, 0.1) is 24.0 Å². The maximum Gasteiger partial charge on any atom is 0.387 e. The van der Waals surface area contributed by atoms with Crippen LogP contribution in [0.3, 0.4) is 0 Å². The molecule has 10 heteroatoms. The summed E-state index contributed by atoms with van der Waals surface area (Å²) >= 11 is 0. The molecule has 0 aliphatic rings. The van der Waals surface area contributed by atoms with Crippen LogP contribution in [0.15, 0.2) is 42.5 Å². The first-order valence-corrected chi connectivity index (χ1v) is 8.61. The fourth-order valence-corrected chi connectivity index (χ4v) is 2.35. The van der Waals surface area contributed by atoms with Crippen LogP contribution in [-0.2, 0) is 14.3 Å². The van der Waals surface area contributed by atoms with Crippen molar-refractivity contribution < 1.29 is 32.8 Å². The van der Waals surface area contributed by atoms with Gasteiger partial charge in [0.25, 0.3) is 11.6 Å². The van der Waals surface area contributed by atoms with Gasteiger partial charge in [0.15, 0.2) is 6.61 Å². The molecule has 1 amide bonds. The average Bonchev–Trinajstić information content (AvgIpc) is 2.67. The summed E-state index contributed by atoms with van der Waals surface area (Å²) < 4.78 is 33.2. The fourth-order valence-electron chi connectivity index (χ4n) is 2.35. The number of halogens is 2. The van der Waals surface area contributed by atoms with Crippen LogP contribution in [-0.4, -0.2) is 30.0 Å².